The molecule has 0 radical (unpaired) electrons. The number of ketones is 1. The number of carbonyl (C=O) groups is 1. The van der Waals surface area contributed by atoms with E-state index in [2.05, 4.69) is 11.0 Å². The number of rotatable bonds is 3. The van der Waals surface area contributed by atoms with Crippen molar-refractivity contribution >= 4 is 17.1 Å². The summed E-state index contributed by atoms with van der Waals surface area (Å²) in [5.41, 5.74) is 4.82. The number of hydrogen-bond acceptors (Lipinski definition) is 3. The second kappa shape index (κ2) is 6.16. The standard InChI is InChI=1S/C21H21NO2/c1-24-16-11-9-15(10-12-16)19-20(22-13-5-2-6-14-22)17-7-3-4-8-18(17)21(19)23/h3-4,7-12H,2,5-6,13-14H2,1H3. The zero-order chi connectivity index (χ0) is 16.5. The molecule has 0 unspecified atom stereocenters. The van der Waals surface area contributed by atoms with Gasteiger partial charge in [0.2, 0.25) is 0 Å². The summed E-state index contributed by atoms with van der Waals surface area (Å²) in [6.45, 7) is 2.05. The lowest BCUT2D eigenvalue weighted by Crippen LogP contribution is -2.28. The molecule has 122 valence electrons. The Morgan fingerprint density at radius 3 is 2.21 bits per heavy atom. The molecule has 0 N–H and O–H groups in total. The number of fused-ring (bicyclic) bond motifs is 1. The van der Waals surface area contributed by atoms with E-state index in [0.29, 0.717) is 0 Å². The van der Waals surface area contributed by atoms with Gasteiger partial charge < -0.3 is 9.64 Å². The minimum Gasteiger partial charge on any atom is -0.497 e. The van der Waals surface area contributed by atoms with Gasteiger partial charge in [0.15, 0.2) is 5.78 Å². The van der Waals surface area contributed by atoms with Gasteiger partial charge in [0.05, 0.1) is 18.4 Å². The summed E-state index contributed by atoms with van der Waals surface area (Å²) in [6, 6.07) is 15.8. The van der Waals surface area contributed by atoms with E-state index in [4.69, 9.17) is 4.74 Å². The highest BCUT2D eigenvalue weighted by molar-refractivity contribution is 6.39. The van der Waals surface area contributed by atoms with Crippen LogP contribution in [-0.4, -0.2) is 30.9 Å². The average molecular weight is 319 g/mol. The number of nitrogens with zero attached hydrogens (tertiary/aromatic N) is 1. The quantitative estimate of drug-likeness (QED) is 0.847. The molecule has 0 amide bonds. The maximum absolute atomic E-state index is 13.1. The molecule has 4 rings (SSSR count). The smallest absolute Gasteiger partial charge is 0.196 e. The van der Waals surface area contributed by atoms with Gasteiger partial charge in [0, 0.05) is 24.2 Å². The van der Waals surface area contributed by atoms with Crippen LogP contribution in [0.1, 0.15) is 40.7 Å². The number of likely N-dealkylation sites (tertiary alicyclic amines) is 1. The molecule has 1 fully saturated rings. The summed E-state index contributed by atoms with van der Waals surface area (Å²) in [5.74, 6) is 0.943. The van der Waals surface area contributed by atoms with Crippen LogP contribution in [0, 0.1) is 0 Å². The van der Waals surface area contributed by atoms with Crippen molar-refractivity contribution in [2.75, 3.05) is 20.2 Å². The number of allylic oxidation sites excluding steroid dienone is 1. The van der Waals surface area contributed by atoms with Crippen molar-refractivity contribution in [1.82, 2.24) is 4.90 Å². The Labute approximate surface area is 142 Å². The predicted molar refractivity (Wildman–Crippen MR) is 96.0 cm³/mol. The molecular formula is C21H21NO2. The lowest BCUT2D eigenvalue weighted by Gasteiger charge is -2.31. The Morgan fingerprint density at radius 1 is 0.875 bits per heavy atom. The third-order valence-corrected chi connectivity index (χ3v) is 4.94. The normalized spacial score (nSPS) is 17.2. The number of piperidine rings is 1. The van der Waals surface area contributed by atoms with E-state index in [1.54, 1.807) is 7.11 Å². The van der Waals surface area contributed by atoms with E-state index in [-0.39, 0.29) is 5.78 Å². The van der Waals surface area contributed by atoms with Gasteiger partial charge in [0.25, 0.3) is 0 Å². The summed E-state index contributed by atoms with van der Waals surface area (Å²) < 4.78 is 5.25. The predicted octanol–water partition coefficient (Wildman–Crippen LogP) is 4.25. The summed E-state index contributed by atoms with van der Waals surface area (Å²) in [5, 5.41) is 0. The molecule has 0 atom stereocenters. The van der Waals surface area contributed by atoms with E-state index in [0.717, 1.165) is 46.8 Å². The molecule has 0 aromatic heterocycles. The average Bonchev–Trinajstić information content (AvgIpc) is 2.95. The first-order chi connectivity index (χ1) is 11.8. The maximum Gasteiger partial charge on any atom is 0.196 e. The molecule has 2 aromatic rings. The SMILES string of the molecule is COc1ccc(C2=C(N3CCCCC3)c3ccccc3C2=O)cc1. The van der Waals surface area contributed by atoms with Gasteiger partial charge in [-0.05, 0) is 37.0 Å². The van der Waals surface area contributed by atoms with Crippen molar-refractivity contribution in [3.05, 3.63) is 65.2 Å². The van der Waals surface area contributed by atoms with Crippen LogP contribution in [-0.2, 0) is 0 Å². The molecule has 0 bridgehead atoms. The lowest BCUT2D eigenvalue weighted by atomic mass is 10.0. The number of hydrogen-bond donors (Lipinski definition) is 0. The molecule has 0 spiro atoms. The maximum atomic E-state index is 13.1. The monoisotopic (exact) mass is 319 g/mol. The minimum atomic E-state index is 0.136. The van der Waals surface area contributed by atoms with Crippen LogP contribution in [0.3, 0.4) is 0 Å². The van der Waals surface area contributed by atoms with Crippen LogP contribution in [0.2, 0.25) is 0 Å². The first kappa shape index (κ1) is 15.0. The van der Waals surface area contributed by atoms with Gasteiger partial charge >= 0.3 is 0 Å². The third kappa shape index (κ3) is 2.41. The van der Waals surface area contributed by atoms with Gasteiger partial charge in [0.1, 0.15) is 5.75 Å². The third-order valence-electron chi connectivity index (χ3n) is 4.94. The first-order valence-electron chi connectivity index (χ1n) is 8.57. The fraction of sp³-hybridized carbons (Fsp3) is 0.286. The second-order valence-corrected chi connectivity index (χ2v) is 6.37. The van der Waals surface area contributed by atoms with Crippen molar-refractivity contribution in [2.24, 2.45) is 0 Å². The highest BCUT2D eigenvalue weighted by Gasteiger charge is 2.33. The van der Waals surface area contributed by atoms with E-state index in [1.165, 1.54) is 19.3 Å². The first-order valence-corrected chi connectivity index (χ1v) is 8.57. The largest absolute Gasteiger partial charge is 0.497 e. The number of ether oxygens (including phenoxy) is 1. The topological polar surface area (TPSA) is 29.5 Å². The van der Waals surface area contributed by atoms with Crippen molar-refractivity contribution in [3.63, 3.8) is 0 Å². The van der Waals surface area contributed by atoms with Crippen LogP contribution in [0.4, 0.5) is 0 Å². The van der Waals surface area contributed by atoms with Gasteiger partial charge in [-0.2, -0.15) is 0 Å². The van der Waals surface area contributed by atoms with Gasteiger partial charge in [-0.15, -0.1) is 0 Å². The number of benzene rings is 2. The van der Waals surface area contributed by atoms with E-state index in [1.807, 2.05) is 42.5 Å². The minimum absolute atomic E-state index is 0.136. The van der Waals surface area contributed by atoms with Crippen LogP contribution >= 0.6 is 0 Å². The van der Waals surface area contributed by atoms with Crippen LogP contribution in [0.5, 0.6) is 5.75 Å². The summed E-state index contributed by atoms with van der Waals surface area (Å²) >= 11 is 0. The zero-order valence-corrected chi connectivity index (χ0v) is 13.9. The van der Waals surface area contributed by atoms with E-state index >= 15 is 0 Å². The summed E-state index contributed by atoms with van der Waals surface area (Å²) in [4.78, 5) is 15.5. The fourth-order valence-electron chi connectivity index (χ4n) is 3.74. The highest BCUT2D eigenvalue weighted by atomic mass is 16.5. The Morgan fingerprint density at radius 2 is 1.54 bits per heavy atom. The Balaban J connectivity index is 1.86. The molecular weight excluding hydrogens is 298 g/mol. The molecule has 24 heavy (non-hydrogen) atoms. The zero-order valence-electron chi connectivity index (χ0n) is 13.9. The molecule has 1 aliphatic carbocycles. The highest BCUT2D eigenvalue weighted by Crippen LogP contribution is 2.41. The van der Waals surface area contributed by atoms with E-state index < -0.39 is 0 Å². The molecule has 3 heteroatoms. The Bertz CT molecular complexity index is 799. The lowest BCUT2D eigenvalue weighted by molar-refractivity contribution is 0.105. The van der Waals surface area contributed by atoms with Gasteiger partial charge in [-0.1, -0.05) is 36.4 Å². The Hall–Kier alpha value is -2.55. The Kier molecular flexibility index (Phi) is 3.85. The van der Waals surface area contributed by atoms with Crippen molar-refractivity contribution < 1.29 is 9.53 Å². The van der Waals surface area contributed by atoms with Crippen LogP contribution in [0.25, 0.3) is 11.3 Å². The number of carbonyl (C=O) groups excluding carboxylic acids is 1. The second-order valence-electron chi connectivity index (χ2n) is 6.37. The molecule has 1 aliphatic heterocycles. The fourth-order valence-corrected chi connectivity index (χ4v) is 3.74. The molecule has 1 saturated heterocycles. The number of methoxy groups -OCH3 is 1. The summed E-state index contributed by atoms with van der Waals surface area (Å²) in [6.07, 6.45) is 3.66. The van der Waals surface area contributed by atoms with Gasteiger partial charge in [-0.3, -0.25) is 4.79 Å². The molecule has 2 aliphatic rings. The van der Waals surface area contributed by atoms with Crippen molar-refractivity contribution in [2.45, 2.75) is 19.3 Å². The van der Waals surface area contributed by atoms with Crippen LogP contribution < -0.4 is 4.74 Å². The van der Waals surface area contributed by atoms with Crippen molar-refractivity contribution in [3.8, 4) is 5.75 Å². The van der Waals surface area contributed by atoms with Crippen molar-refractivity contribution in [1.29, 1.82) is 0 Å². The van der Waals surface area contributed by atoms with Gasteiger partial charge in [-0.25, -0.2) is 0 Å². The number of Topliss-reactive ketones (excluding diaryl/α,β-unsaturated/α-hetero) is 1. The van der Waals surface area contributed by atoms with Crippen LogP contribution in [0.15, 0.2) is 48.5 Å². The molecule has 0 saturated carbocycles. The molecule has 1 heterocycles. The van der Waals surface area contributed by atoms with E-state index in [9.17, 15) is 4.79 Å². The molecule has 2 aromatic carbocycles. The summed E-state index contributed by atoms with van der Waals surface area (Å²) in [7, 11) is 1.66. The molecule has 3 nitrogen and oxygen atoms in total.